The summed E-state index contributed by atoms with van der Waals surface area (Å²) in [4.78, 5) is 22.3. The number of carbonyl (C=O) groups excluding carboxylic acids is 1. The van der Waals surface area contributed by atoms with Crippen LogP contribution in [0.5, 0.6) is 5.75 Å². The number of anilines is 3. The number of aromatic nitrogens is 2. The van der Waals surface area contributed by atoms with Crippen LogP contribution < -0.4 is 15.0 Å². The van der Waals surface area contributed by atoms with Crippen molar-refractivity contribution in [2.24, 2.45) is 0 Å². The lowest BCUT2D eigenvalue weighted by atomic mass is 10.1. The Hall–Kier alpha value is -3.37. The number of alkyl halides is 3. The minimum Gasteiger partial charge on any atom is -0.489 e. The van der Waals surface area contributed by atoms with Crippen LogP contribution in [0.2, 0.25) is 5.02 Å². The van der Waals surface area contributed by atoms with Crippen molar-refractivity contribution in [3.63, 3.8) is 0 Å². The zero-order valence-corrected chi connectivity index (χ0v) is 17.1. The molecule has 0 unspecified atom stereocenters. The molecule has 4 rings (SSSR count). The van der Waals surface area contributed by atoms with Crippen LogP contribution >= 0.6 is 11.6 Å². The second-order valence-corrected chi connectivity index (χ2v) is 7.25. The van der Waals surface area contributed by atoms with Gasteiger partial charge in [-0.25, -0.2) is 9.97 Å². The summed E-state index contributed by atoms with van der Waals surface area (Å²) in [6.07, 6.45) is -2.12. The molecule has 1 aliphatic heterocycles. The molecule has 32 heavy (non-hydrogen) atoms. The van der Waals surface area contributed by atoms with Gasteiger partial charge in [-0.15, -0.1) is 0 Å². The molecule has 2 aromatic heterocycles. The Labute approximate surface area is 185 Å². The Kier molecular flexibility index (Phi) is 5.90. The SMILES string of the molecule is O=C(Nc1ccc(C(F)(F)F)nc1)c1cccc2c1OCCN2c1ncc(CO)cc1Cl. The predicted molar refractivity (Wildman–Crippen MR) is 111 cm³/mol. The number of nitrogens with one attached hydrogen (secondary N) is 1. The summed E-state index contributed by atoms with van der Waals surface area (Å²) in [5.41, 5.74) is 0.363. The van der Waals surface area contributed by atoms with E-state index in [9.17, 15) is 23.1 Å². The zero-order valence-electron chi connectivity index (χ0n) is 16.4. The van der Waals surface area contributed by atoms with Gasteiger partial charge in [-0.1, -0.05) is 17.7 Å². The van der Waals surface area contributed by atoms with Crippen LogP contribution in [-0.2, 0) is 12.8 Å². The molecule has 3 aromatic rings. The fraction of sp³-hybridized carbons (Fsp3) is 0.190. The monoisotopic (exact) mass is 464 g/mol. The molecule has 1 aromatic carbocycles. The van der Waals surface area contributed by atoms with E-state index >= 15 is 0 Å². The van der Waals surface area contributed by atoms with Gasteiger partial charge in [-0.05, 0) is 35.9 Å². The molecule has 2 N–H and O–H groups in total. The third-order valence-electron chi connectivity index (χ3n) is 4.72. The van der Waals surface area contributed by atoms with Crippen molar-refractivity contribution in [1.29, 1.82) is 0 Å². The van der Waals surface area contributed by atoms with Crippen LogP contribution in [0.1, 0.15) is 21.6 Å². The van der Waals surface area contributed by atoms with E-state index in [0.717, 1.165) is 18.3 Å². The molecule has 3 heterocycles. The Bertz CT molecular complexity index is 1160. The molecule has 7 nitrogen and oxygen atoms in total. The highest BCUT2D eigenvalue weighted by molar-refractivity contribution is 6.33. The first kappa shape index (κ1) is 21.8. The Morgan fingerprint density at radius 2 is 2.03 bits per heavy atom. The molecule has 0 radical (unpaired) electrons. The second-order valence-electron chi connectivity index (χ2n) is 6.85. The van der Waals surface area contributed by atoms with E-state index in [2.05, 4.69) is 15.3 Å². The zero-order chi connectivity index (χ0) is 22.9. The van der Waals surface area contributed by atoms with Gasteiger partial charge in [0, 0.05) is 6.20 Å². The van der Waals surface area contributed by atoms with Crippen LogP contribution in [0.15, 0.2) is 48.8 Å². The second kappa shape index (κ2) is 8.64. The number of fused-ring (bicyclic) bond motifs is 1. The summed E-state index contributed by atoms with van der Waals surface area (Å²) in [7, 11) is 0. The lowest BCUT2D eigenvalue weighted by Crippen LogP contribution is -2.31. The Balaban J connectivity index is 1.62. The summed E-state index contributed by atoms with van der Waals surface area (Å²) < 4.78 is 43.8. The van der Waals surface area contributed by atoms with E-state index in [0.29, 0.717) is 34.4 Å². The number of benzene rings is 1. The van der Waals surface area contributed by atoms with E-state index < -0.39 is 17.8 Å². The molecular formula is C21H16ClF3N4O3. The first-order chi connectivity index (χ1) is 15.3. The molecule has 1 aliphatic rings. The summed E-state index contributed by atoms with van der Waals surface area (Å²) in [5.74, 6) is 0.165. The smallest absolute Gasteiger partial charge is 0.433 e. The lowest BCUT2D eigenvalue weighted by Gasteiger charge is -2.32. The maximum atomic E-state index is 12.8. The molecule has 0 spiro atoms. The number of aliphatic hydroxyl groups excluding tert-OH is 1. The molecule has 0 saturated heterocycles. The predicted octanol–water partition coefficient (Wildman–Crippen LogP) is 4.42. The van der Waals surface area contributed by atoms with Crippen LogP contribution in [0.4, 0.5) is 30.4 Å². The highest BCUT2D eigenvalue weighted by Gasteiger charge is 2.32. The number of pyridine rings is 2. The van der Waals surface area contributed by atoms with Gasteiger partial charge in [0.05, 0.1) is 41.3 Å². The number of para-hydroxylation sites is 1. The number of aliphatic hydroxyl groups is 1. The van der Waals surface area contributed by atoms with Gasteiger partial charge in [0.25, 0.3) is 5.91 Å². The molecule has 0 aliphatic carbocycles. The third-order valence-corrected chi connectivity index (χ3v) is 5.00. The minimum absolute atomic E-state index is 0.109. The van der Waals surface area contributed by atoms with Crippen LogP contribution in [-0.4, -0.2) is 34.1 Å². The fourth-order valence-corrected chi connectivity index (χ4v) is 3.53. The number of halogens is 4. The average Bonchev–Trinajstić information content (AvgIpc) is 2.78. The minimum atomic E-state index is -4.57. The number of amides is 1. The summed E-state index contributed by atoms with van der Waals surface area (Å²) >= 11 is 6.34. The van der Waals surface area contributed by atoms with Gasteiger partial charge < -0.3 is 20.1 Å². The van der Waals surface area contributed by atoms with Crippen molar-refractivity contribution in [3.8, 4) is 5.75 Å². The number of rotatable bonds is 4. The first-order valence-electron chi connectivity index (χ1n) is 9.41. The van der Waals surface area contributed by atoms with Crippen molar-refractivity contribution in [2.45, 2.75) is 12.8 Å². The molecule has 1 amide bonds. The molecule has 166 valence electrons. The van der Waals surface area contributed by atoms with Gasteiger partial charge in [0.2, 0.25) is 0 Å². The lowest BCUT2D eigenvalue weighted by molar-refractivity contribution is -0.141. The van der Waals surface area contributed by atoms with Crippen molar-refractivity contribution in [2.75, 3.05) is 23.4 Å². The van der Waals surface area contributed by atoms with Gasteiger partial charge in [0.15, 0.2) is 11.6 Å². The molecule has 0 fully saturated rings. The van der Waals surface area contributed by atoms with Gasteiger partial charge in [-0.3, -0.25) is 4.79 Å². The largest absolute Gasteiger partial charge is 0.489 e. The van der Waals surface area contributed by atoms with E-state index in [4.69, 9.17) is 16.3 Å². The van der Waals surface area contributed by atoms with Gasteiger partial charge in [-0.2, -0.15) is 13.2 Å². The van der Waals surface area contributed by atoms with Gasteiger partial charge in [0.1, 0.15) is 12.3 Å². The van der Waals surface area contributed by atoms with Crippen LogP contribution in [0, 0.1) is 0 Å². The number of carbonyl (C=O) groups is 1. The van der Waals surface area contributed by atoms with Crippen molar-refractivity contribution in [1.82, 2.24) is 9.97 Å². The number of hydrogen-bond donors (Lipinski definition) is 2. The highest BCUT2D eigenvalue weighted by atomic mass is 35.5. The quantitative estimate of drug-likeness (QED) is 0.594. The van der Waals surface area contributed by atoms with Crippen LogP contribution in [0.3, 0.4) is 0 Å². The topological polar surface area (TPSA) is 87.6 Å². The molecule has 11 heteroatoms. The summed E-state index contributed by atoms with van der Waals surface area (Å²) in [6.45, 7) is 0.473. The van der Waals surface area contributed by atoms with Gasteiger partial charge >= 0.3 is 6.18 Å². The fourth-order valence-electron chi connectivity index (χ4n) is 3.24. The maximum absolute atomic E-state index is 12.8. The van der Waals surface area contributed by atoms with Crippen LogP contribution in [0.25, 0.3) is 0 Å². The number of nitrogens with zero attached hydrogens (tertiary/aromatic N) is 3. The average molecular weight is 465 g/mol. The van der Waals surface area contributed by atoms with E-state index in [1.807, 2.05) is 0 Å². The normalized spacial score (nSPS) is 13.3. The Morgan fingerprint density at radius 1 is 1.22 bits per heavy atom. The van der Waals surface area contributed by atoms with E-state index in [1.165, 1.54) is 6.20 Å². The van der Waals surface area contributed by atoms with Crippen molar-refractivity contribution < 1.29 is 27.8 Å². The van der Waals surface area contributed by atoms with Crippen molar-refractivity contribution in [3.05, 3.63) is 70.6 Å². The first-order valence-corrected chi connectivity index (χ1v) is 9.79. The highest BCUT2D eigenvalue weighted by Crippen LogP contribution is 2.41. The maximum Gasteiger partial charge on any atom is 0.433 e. The number of ether oxygens (including phenoxy) is 1. The van der Waals surface area contributed by atoms with E-state index in [-0.39, 0.29) is 24.5 Å². The summed E-state index contributed by atoms with van der Waals surface area (Å²) in [6, 6.07) is 8.45. The van der Waals surface area contributed by atoms with E-state index in [1.54, 1.807) is 29.2 Å². The molecular weight excluding hydrogens is 449 g/mol. The van der Waals surface area contributed by atoms with Crippen molar-refractivity contribution >= 4 is 34.7 Å². The molecule has 0 atom stereocenters. The Morgan fingerprint density at radius 3 is 2.69 bits per heavy atom. The summed E-state index contributed by atoms with van der Waals surface area (Å²) in [5, 5.41) is 12.1. The third kappa shape index (κ3) is 4.32. The molecule has 0 bridgehead atoms. The standard InChI is InChI=1S/C21H16ClF3N4O3/c22-15-8-12(11-30)9-27-19(15)29-6-7-32-18-14(2-1-3-16(18)29)20(31)28-13-4-5-17(26-10-13)21(23,24)25/h1-5,8-10,30H,6-7,11H2,(H,28,31). The number of hydrogen-bond acceptors (Lipinski definition) is 6. The molecule has 0 saturated carbocycles.